The van der Waals surface area contributed by atoms with Gasteiger partial charge in [-0.05, 0) is 37.1 Å². The molecule has 106 valence electrons. The van der Waals surface area contributed by atoms with Crippen LogP contribution in [0.25, 0.3) is 0 Å². The molecule has 1 heterocycles. The third-order valence-electron chi connectivity index (χ3n) is 2.74. The molecule has 0 aliphatic carbocycles. The SMILES string of the molecule is CC(C)CCC(C)NC(=O)CNC(=O)c1cccs1. The lowest BCUT2D eigenvalue weighted by Crippen LogP contribution is -2.40. The lowest BCUT2D eigenvalue weighted by Gasteiger charge is -2.15. The van der Waals surface area contributed by atoms with Crippen LogP contribution in [0.5, 0.6) is 0 Å². The van der Waals surface area contributed by atoms with Gasteiger partial charge in [-0.15, -0.1) is 11.3 Å². The van der Waals surface area contributed by atoms with Crippen molar-refractivity contribution in [3.05, 3.63) is 22.4 Å². The molecule has 1 unspecified atom stereocenters. The lowest BCUT2D eigenvalue weighted by atomic mass is 10.0. The zero-order valence-corrected chi connectivity index (χ0v) is 12.5. The molecular formula is C14H22N2O2S. The van der Waals surface area contributed by atoms with Crippen LogP contribution in [0.1, 0.15) is 43.3 Å². The maximum atomic E-state index is 11.6. The predicted molar refractivity (Wildman–Crippen MR) is 78.3 cm³/mol. The highest BCUT2D eigenvalue weighted by atomic mass is 32.1. The van der Waals surface area contributed by atoms with Crippen LogP contribution in [0, 0.1) is 5.92 Å². The number of rotatable bonds is 7. The summed E-state index contributed by atoms with van der Waals surface area (Å²) >= 11 is 1.36. The summed E-state index contributed by atoms with van der Waals surface area (Å²) in [5.74, 6) is 0.305. The average molecular weight is 282 g/mol. The highest BCUT2D eigenvalue weighted by Crippen LogP contribution is 2.08. The van der Waals surface area contributed by atoms with Crippen molar-refractivity contribution in [2.24, 2.45) is 5.92 Å². The van der Waals surface area contributed by atoms with Crippen LogP contribution >= 0.6 is 11.3 Å². The van der Waals surface area contributed by atoms with Crippen molar-refractivity contribution in [2.45, 2.75) is 39.7 Å². The molecule has 2 amide bonds. The third kappa shape index (κ3) is 6.38. The highest BCUT2D eigenvalue weighted by molar-refractivity contribution is 7.12. The Morgan fingerprint density at radius 2 is 2.00 bits per heavy atom. The summed E-state index contributed by atoms with van der Waals surface area (Å²) in [5, 5.41) is 7.34. The number of hydrogen-bond donors (Lipinski definition) is 2. The number of nitrogens with one attached hydrogen (secondary N) is 2. The average Bonchev–Trinajstić information content (AvgIpc) is 2.87. The second-order valence-electron chi connectivity index (χ2n) is 5.10. The topological polar surface area (TPSA) is 58.2 Å². The van der Waals surface area contributed by atoms with Crippen LogP contribution in [0.4, 0.5) is 0 Å². The molecule has 0 saturated carbocycles. The summed E-state index contributed by atoms with van der Waals surface area (Å²) in [6.45, 7) is 6.34. The molecule has 0 radical (unpaired) electrons. The maximum absolute atomic E-state index is 11.6. The first-order valence-electron chi connectivity index (χ1n) is 6.60. The molecule has 0 spiro atoms. The molecule has 2 N–H and O–H groups in total. The van der Waals surface area contributed by atoms with Gasteiger partial charge in [0.1, 0.15) is 0 Å². The summed E-state index contributed by atoms with van der Waals surface area (Å²) in [4.78, 5) is 23.9. The van der Waals surface area contributed by atoms with Gasteiger partial charge in [-0.1, -0.05) is 19.9 Å². The van der Waals surface area contributed by atoms with Gasteiger partial charge in [0, 0.05) is 6.04 Å². The molecular weight excluding hydrogens is 260 g/mol. The van der Waals surface area contributed by atoms with E-state index in [1.165, 1.54) is 11.3 Å². The van der Waals surface area contributed by atoms with Crippen molar-refractivity contribution in [2.75, 3.05) is 6.54 Å². The Morgan fingerprint density at radius 1 is 1.26 bits per heavy atom. The van der Waals surface area contributed by atoms with Crippen molar-refractivity contribution in [1.29, 1.82) is 0 Å². The third-order valence-corrected chi connectivity index (χ3v) is 3.61. The molecule has 1 rings (SSSR count). The summed E-state index contributed by atoms with van der Waals surface area (Å²) in [6, 6.07) is 3.70. The standard InChI is InChI=1S/C14H22N2O2S/c1-10(2)6-7-11(3)16-13(17)9-15-14(18)12-5-4-8-19-12/h4-5,8,10-11H,6-7,9H2,1-3H3,(H,15,18)(H,16,17). The smallest absolute Gasteiger partial charge is 0.261 e. The molecule has 4 nitrogen and oxygen atoms in total. The predicted octanol–water partition coefficient (Wildman–Crippen LogP) is 2.42. The fraction of sp³-hybridized carbons (Fsp3) is 0.571. The summed E-state index contributed by atoms with van der Waals surface area (Å²) in [5.41, 5.74) is 0. The Hall–Kier alpha value is -1.36. The second-order valence-corrected chi connectivity index (χ2v) is 6.05. The normalized spacial score (nSPS) is 12.2. The number of carbonyl (C=O) groups excluding carboxylic acids is 2. The van der Waals surface area contributed by atoms with E-state index in [1.54, 1.807) is 6.07 Å². The van der Waals surface area contributed by atoms with E-state index in [9.17, 15) is 9.59 Å². The van der Waals surface area contributed by atoms with Gasteiger partial charge in [-0.3, -0.25) is 9.59 Å². The minimum Gasteiger partial charge on any atom is -0.352 e. The maximum Gasteiger partial charge on any atom is 0.261 e. The van der Waals surface area contributed by atoms with Gasteiger partial charge in [-0.25, -0.2) is 0 Å². The fourth-order valence-corrected chi connectivity index (χ4v) is 2.28. The highest BCUT2D eigenvalue weighted by Gasteiger charge is 2.11. The minimum atomic E-state index is -0.194. The van der Waals surface area contributed by atoms with Crippen LogP contribution in [0.3, 0.4) is 0 Å². The van der Waals surface area contributed by atoms with E-state index in [0.717, 1.165) is 12.8 Å². The van der Waals surface area contributed by atoms with Gasteiger partial charge in [0.05, 0.1) is 11.4 Å². The number of carbonyl (C=O) groups is 2. The van der Waals surface area contributed by atoms with E-state index < -0.39 is 0 Å². The first-order chi connectivity index (χ1) is 8.99. The molecule has 1 atom stereocenters. The molecule has 0 aliphatic heterocycles. The Bertz CT molecular complexity index is 402. The number of amides is 2. The first kappa shape index (κ1) is 15.7. The molecule has 1 aromatic rings. The summed E-state index contributed by atoms with van der Waals surface area (Å²) in [7, 11) is 0. The zero-order chi connectivity index (χ0) is 14.3. The molecule has 1 aromatic heterocycles. The molecule has 0 aliphatic rings. The molecule has 19 heavy (non-hydrogen) atoms. The Kier molecular flexibility index (Phi) is 6.56. The van der Waals surface area contributed by atoms with Gasteiger partial charge < -0.3 is 10.6 Å². The van der Waals surface area contributed by atoms with Gasteiger partial charge in [-0.2, -0.15) is 0 Å². The number of hydrogen-bond acceptors (Lipinski definition) is 3. The van der Waals surface area contributed by atoms with Crippen molar-refractivity contribution >= 4 is 23.2 Å². The summed E-state index contributed by atoms with van der Waals surface area (Å²) in [6.07, 6.45) is 2.05. The molecule has 0 bridgehead atoms. The first-order valence-corrected chi connectivity index (χ1v) is 7.48. The number of thiophene rings is 1. The van der Waals surface area contributed by atoms with Crippen molar-refractivity contribution in [3.63, 3.8) is 0 Å². The molecule has 0 aromatic carbocycles. The van der Waals surface area contributed by atoms with Crippen molar-refractivity contribution < 1.29 is 9.59 Å². The Balaban J connectivity index is 2.22. The van der Waals surface area contributed by atoms with Gasteiger partial charge >= 0.3 is 0 Å². The zero-order valence-electron chi connectivity index (χ0n) is 11.7. The van der Waals surface area contributed by atoms with Crippen LogP contribution in [0.2, 0.25) is 0 Å². The van der Waals surface area contributed by atoms with E-state index in [4.69, 9.17) is 0 Å². The Morgan fingerprint density at radius 3 is 2.58 bits per heavy atom. The van der Waals surface area contributed by atoms with Gasteiger partial charge in [0.2, 0.25) is 5.91 Å². The van der Waals surface area contributed by atoms with Crippen LogP contribution in [-0.4, -0.2) is 24.4 Å². The molecule has 5 heteroatoms. The fourth-order valence-electron chi connectivity index (χ4n) is 1.64. The quantitative estimate of drug-likeness (QED) is 0.807. The van der Waals surface area contributed by atoms with Gasteiger partial charge in [0.25, 0.3) is 5.91 Å². The molecule has 0 saturated heterocycles. The monoisotopic (exact) mass is 282 g/mol. The van der Waals surface area contributed by atoms with Crippen molar-refractivity contribution in [1.82, 2.24) is 10.6 Å². The minimum absolute atomic E-state index is 0.0305. The van der Waals surface area contributed by atoms with Crippen LogP contribution in [0.15, 0.2) is 17.5 Å². The lowest BCUT2D eigenvalue weighted by molar-refractivity contribution is -0.120. The second kappa shape index (κ2) is 7.94. The van der Waals surface area contributed by atoms with E-state index >= 15 is 0 Å². The van der Waals surface area contributed by atoms with Crippen LogP contribution < -0.4 is 10.6 Å². The van der Waals surface area contributed by atoms with E-state index in [2.05, 4.69) is 24.5 Å². The van der Waals surface area contributed by atoms with E-state index in [0.29, 0.717) is 10.8 Å². The molecule has 0 fully saturated rings. The van der Waals surface area contributed by atoms with Gasteiger partial charge in [0.15, 0.2) is 0 Å². The Labute approximate surface area is 118 Å². The largest absolute Gasteiger partial charge is 0.352 e. The van der Waals surface area contributed by atoms with Crippen LogP contribution in [-0.2, 0) is 4.79 Å². The van der Waals surface area contributed by atoms with E-state index in [1.807, 2.05) is 18.4 Å². The van der Waals surface area contributed by atoms with E-state index in [-0.39, 0.29) is 24.4 Å². The summed E-state index contributed by atoms with van der Waals surface area (Å²) < 4.78 is 0. The van der Waals surface area contributed by atoms with Crippen molar-refractivity contribution in [3.8, 4) is 0 Å².